The van der Waals surface area contributed by atoms with Crippen LogP contribution in [0.3, 0.4) is 0 Å². The molecule has 2 atom stereocenters. The van der Waals surface area contributed by atoms with Crippen LogP contribution in [0.2, 0.25) is 0 Å². The highest BCUT2D eigenvalue weighted by Crippen LogP contribution is 2.56. The van der Waals surface area contributed by atoms with Gasteiger partial charge in [0.25, 0.3) is 5.92 Å². The molecule has 0 amide bonds. The number of epoxide rings is 1. The molecule has 0 bridgehead atoms. The highest BCUT2D eigenvalue weighted by atomic mass is 19.3. The van der Waals surface area contributed by atoms with Crippen molar-refractivity contribution in [1.29, 1.82) is 0 Å². The van der Waals surface area contributed by atoms with Gasteiger partial charge in [-0.3, -0.25) is 4.98 Å². The Kier molecular flexibility index (Phi) is 3.53. The van der Waals surface area contributed by atoms with E-state index in [0.717, 1.165) is 30.5 Å². The Morgan fingerprint density at radius 3 is 2.35 bits per heavy atom. The van der Waals surface area contributed by atoms with Gasteiger partial charge in [-0.1, -0.05) is 0 Å². The zero-order valence-corrected chi connectivity index (χ0v) is 13.0. The van der Waals surface area contributed by atoms with Crippen molar-refractivity contribution in [3.05, 3.63) is 59.4 Å². The topological polar surface area (TPSA) is 34.6 Å². The number of hydrogen-bond donors (Lipinski definition) is 0. The first-order chi connectivity index (χ1) is 12.2. The Labute approximate surface area is 143 Å². The predicted molar refractivity (Wildman–Crippen MR) is 76.1 cm³/mol. The van der Waals surface area contributed by atoms with E-state index >= 15 is 0 Å². The molecule has 138 valence electrons. The lowest BCUT2D eigenvalue weighted by atomic mass is 9.90. The molecule has 2 aromatic rings. The van der Waals surface area contributed by atoms with E-state index in [-0.39, 0.29) is 5.75 Å². The van der Waals surface area contributed by atoms with Gasteiger partial charge in [-0.15, -0.1) is 0 Å². The quantitative estimate of drug-likeness (QED) is 0.581. The summed E-state index contributed by atoms with van der Waals surface area (Å²) in [4.78, 5) is 3.56. The highest BCUT2D eigenvalue weighted by Gasteiger charge is 2.68. The minimum Gasteiger partial charge on any atom is -0.482 e. The first-order valence-electron chi connectivity index (χ1n) is 7.64. The van der Waals surface area contributed by atoms with Crippen LogP contribution in [-0.2, 0) is 16.3 Å². The van der Waals surface area contributed by atoms with Crippen molar-refractivity contribution in [3.63, 3.8) is 0 Å². The van der Waals surface area contributed by atoms with Crippen LogP contribution in [0.25, 0.3) is 0 Å². The van der Waals surface area contributed by atoms with Crippen LogP contribution >= 0.6 is 0 Å². The van der Waals surface area contributed by atoms with Crippen LogP contribution in [0.1, 0.15) is 17.7 Å². The summed E-state index contributed by atoms with van der Waals surface area (Å²) >= 11 is 0. The average molecular weight is 375 g/mol. The lowest BCUT2D eigenvalue weighted by Crippen LogP contribution is -2.34. The molecule has 1 aromatic heterocycles. The number of ether oxygens (including phenoxy) is 2. The standard InChI is InChI=1S/C17H11F6NO2/c18-9-1-3-11(12(19)5-9)15(8-25-15)17(22,23)13-4-2-10(7-24-13)26-14-6-16(14,20)21/h1-5,7,14H,6,8H2. The van der Waals surface area contributed by atoms with E-state index in [1.54, 1.807) is 0 Å². The first-order valence-corrected chi connectivity index (χ1v) is 7.64. The third kappa shape index (κ3) is 2.61. The van der Waals surface area contributed by atoms with E-state index in [2.05, 4.69) is 4.98 Å². The van der Waals surface area contributed by atoms with Crippen molar-refractivity contribution in [2.45, 2.75) is 30.0 Å². The molecule has 0 spiro atoms. The molecule has 3 nitrogen and oxygen atoms in total. The normalized spacial score (nSPS) is 26.5. The molecule has 1 aromatic carbocycles. The SMILES string of the molecule is Fc1ccc(C2(C(F)(F)c3ccc(OC4CC4(F)F)cn3)CO2)c(F)c1. The molecule has 0 N–H and O–H groups in total. The predicted octanol–water partition coefficient (Wildman–Crippen LogP) is 4.16. The molecule has 1 saturated carbocycles. The van der Waals surface area contributed by atoms with Crippen LogP contribution in [0, 0.1) is 11.6 Å². The second-order valence-corrected chi connectivity index (χ2v) is 6.27. The number of aromatic nitrogens is 1. The second-order valence-electron chi connectivity index (χ2n) is 6.27. The first kappa shape index (κ1) is 17.1. The van der Waals surface area contributed by atoms with Crippen molar-refractivity contribution in [3.8, 4) is 5.75 Å². The maximum Gasteiger partial charge on any atom is 0.324 e. The largest absolute Gasteiger partial charge is 0.482 e. The van der Waals surface area contributed by atoms with Gasteiger partial charge in [-0.25, -0.2) is 17.6 Å². The maximum atomic E-state index is 14.9. The van der Waals surface area contributed by atoms with Crippen molar-refractivity contribution in [2.24, 2.45) is 0 Å². The van der Waals surface area contributed by atoms with E-state index in [1.807, 2.05) is 0 Å². The number of rotatable bonds is 5. The summed E-state index contributed by atoms with van der Waals surface area (Å²) in [5.41, 5.74) is -3.51. The molecule has 2 fully saturated rings. The van der Waals surface area contributed by atoms with Crippen LogP contribution in [0.15, 0.2) is 36.5 Å². The summed E-state index contributed by atoms with van der Waals surface area (Å²) in [7, 11) is 0. The van der Waals surface area contributed by atoms with Crippen LogP contribution in [0.5, 0.6) is 5.75 Å². The third-order valence-corrected chi connectivity index (χ3v) is 4.41. The van der Waals surface area contributed by atoms with Crippen LogP contribution in [-0.4, -0.2) is 23.6 Å². The van der Waals surface area contributed by atoms with E-state index < -0.39 is 59.5 Å². The number of nitrogens with zero attached hydrogens (tertiary/aromatic N) is 1. The molecule has 2 unspecified atom stereocenters. The molecule has 2 aliphatic rings. The molecule has 1 aliphatic carbocycles. The molecule has 9 heteroatoms. The van der Waals surface area contributed by atoms with Gasteiger partial charge in [-0.05, 0) is 24.3 Å². The summed E-state index contributed by atoms with van der Waals surface area (Å²) in [6, 6.07) is 4.24. The summed E-state index contributed by atoms with van der Waals surface area (Å²) in [5.74, 6) is -8.78. The number of halogens is 6. The Morgan fingerprint density at radius 2 is 1.85 bits per heavy atom. The number of pyridine rings is 1. The fourth-order valence-electron chi connectivity index (χ4n) is 2.72. The smallest absolute Gasteiger partial charge is 0.324 e. The fourth-order valence-corrected chi connectivity index (χ4v) is 2.72. The Balaban J connectivity index is 1.60. The van der Waals surface area contributed by atoms with Gasteiger partial charge in [0.05, 0.1) is 19.2 Å². The average Bonchev–Trinajstić information content (AvgIpc) is 3.46. The molecular weight excluding hydrogens is 364 g/mol. The zero-order chi connectivity index (χ0) is 18.7. The molecule has 0 radical (unpaired) electrons. The molecular formula is C17H11F6NO2. The van der Waals surface area contributed by atoms with E-state index in [1.165, 1.54) is 0 Å². The van der Waals surface area contributed by atoms with Crippen molar-refractivity contribution >= 4 is 0 Å². The summed E-state index contributed by atoms with van der Waals surface area (Å²) in [6.45, 7) is -0.475. The maximum absolute atomic E-state index is 14.9. The second kappa shape index (κ2) is 5.35. The van der Waals surface area contributed by atoms with Gasteiger partial charge < -0.3 is 9.47 Å². The van der Waals surface area contributed by atoms with E-state index in [0.29, 0.717) is 6.07 Å². The van der Waals surface area contributed by atoms with E-state index in [4.69, 9.17) is 9.47 Å². The number of hydrogen-bond acceptors (Lipinski definition) is 3. The monoisotopic (exact) mass is 375 g/mol. The Bertz CT molecular complexity index is 851. The lowest BCUT2D eigenvalue weighted by molar-refractivity contribution is -0.0902. The van der Waals surface area contributed by atoms with Gasteiger partial charge in [0.15, 0.2) is 11.7 Å². The van der Waals surface area contributed by atoms with Crippen molar-refractivity contribution in [1.82, 2.24) is 4.98 Å². The lowest BCUT2D eigenvalue weighted by Gasteiger charge is -2.24. The summed E-state index contributed by atoms with van der Waals surface area (Å²) in [5, 5.41) is 0. The zero-order valence-electron chi connectivity index (χ0n) is 13.0. The van der Waals surface area contributed by atoms with Gasteiger partial charge in [0, 0.05) is 11.6 Å². The van der Waals surface area contributed by atoms with Crippen LogP contribution < -0.4 is 4.74 Å². The minimum absolute atomic E-state index is 0.0783. The Morgan fingerprint density at radius 1 is 1.15 bits per heavy atom. The van der Waals surface area contributed by atoms with Gasteiger partial charge in [0.2, 0.25) is 0 Å². The molecule has 26 heavy (non-hydrogen) atoms. The van der Waals surface area contributed by atoms with Gasteiger partial charge >= 0.3 is 5.92 Å². The summed E-state index contributed by atoms with van der Waals surface area (Å²) < 4.78 is 92.2. The fraction of sp³-hybridized carbons (Fsp3) is 0.353. The molecule has 2 heterocycles. The van der Waals surface area contributed by atoms with Gasteiger partial charge in [0.1, 0.15) is 23.1 Å². The van der Waals surface area contributed by atoms with Crippen molar-refractivity contribution in [2.75, 3.05) is 6.61 Å². The molecule has 1 aliphatic heterocycles. The van der Waals surface area contributed by atoms with Crippen molar-refractivity contribution < 1.29 is 35.8 Å². The minimum atomic E-state index is -3.73. The third-order valence-electron chi connectivity index (χ3n) is 4.41. The number of alkyl halides is 4. The Hall–Kier alpha value is -2.29. The molecule has 4 rings (SSSR count). The molecule has 1 saturated heterocycles. The van der Waals surface area contributed by atoms with Crippen LogP contribution in [0.4, 0.5) is 26.3 Å². The number of benzene rings is 1. The van der Waals surface area contributed by atoms with Gasteiger partial charge in [-0.2, -0.15) is 8.78 Å². The van der Waals surface area contributed by atoms with E-state index in [9.17, 15) is 26.3 Å². The summed E-state index contributed by atoms with van der Waals surface area (Å²) in [6.07, 6.45) is -0.831. The highest BCUT2D eigenvalue weighted by molar-refractivity contribution is 5.36.